The van der Waals surface area contributed by atoms with Crippen LogP contribution in [0.5, 0.6) is 0 Å². The molecule has 1 aromatic rings. The van der Waals surface area contributed by atoms with Crippen LogP contribution in [0.15, 0.2) is 36.4 Å². The van der Waals surface area contributed by atoms with Gasteiger partial charge in [0.05, 0.1) is 0 Å². The van der Waals surface area contributed by atoms with E-state index in [9.17, 15) is 9.59 Å². The number of carbonyl (C=O) groups excluding carboxylic acids is 1. The molecule has 0 atom stereocenters. The lowest BCUT2D eigenvalue weighted by Gasteiger charge is -2.03. The number of nitrogens with one attached hydrogen (secondary N) is 1. The van der Waals surface area contributed by atoms with Gasteiger partial charge in [0, 0.05) is 18.7 Å². The van der Waals surface area contributed by atoms with Crippen LogP contribution in [0.25, 0.3) is 0 Å². The number of amides is 1. The molecule has 1 aromatic carbocycles. The van der Waals surface area contributed by atoms with Crippen LogP contribution in [-0.2, 0) is 16.0 Å². The Balaban J connectivity index is 2.30. The highest BCUT2D eigenvalue weighted by molar-refractivity contribution is 5.93. The zero-order valence-corrected chi connectivity index (χ0v) is 9.64. The Morgan fingerprint density at radius 3 is 2.47 bits per heavy atom. The van der Waals surface area contributed by atoms with Crippen molar-refractivity contribution in [2.75, 3.05) is 6.54 Å². The summed E-state index contributed by atoms with van der Waals surface area (Å²) in [6, 6.07) is 8.05. The number of carboxylic acid groups (broad SMARTS) is 1. The fraction of sp³-hybridized carbons (Fsp3) is 0.231. The number of aliphatic carboxylic acids is 1. The Labute approximate surface area is 100.0 Å². The molecule has 0 saturated heterocycles. The highest BCUT2D eigenvalue weighted by atomic mass is 16.4. The predicted octanol–water partition coefficient (Wildman–Crippen LogP) is 1.29. The average molecular weight is 233 g/mol. The number of carboxylic acids is 1. The summed E-state index contributed by atoms with van der Waals surface area (Å²) in [6.07, 6.45) is 2.56. The number of hydrogen-bond donors (Lipinski definition) is 2. The number of aryl methyl sites for hydroxylation is 1. The quantitative estimate of drug-likeness (QED) is 0.753. The Morgan fingerprint density at radius 1 is 1.24 bits per heavy atom. The summed E-state index contributed by atoms with van der Waals surface area (Å²) in [5.41, 5.74) is 2.33. The number of hydrogen-bond acceptors (Lipinski definition) is 2. The first-order valence-corrected chi connectivity index (χ1v) is 5.32. The average Bonchev–Trinajstić information content (AvgIpc) is 2.29. The van der Waals surface area contributed by atoms with E-state index >= 15 is 0 Å². The van der Waals surface area contributed by atoms with Crippen molar-refractivity contribution in [3.63, 3.8) is 0 Å². The van der Waals surface area contributed by atoms with E-state index in [1.54, 1.807) is 0 Å². The first kappa shape index (κ1) is 13.0. The standard InChI is InChI=1S/C13H15NO3/c1-10-2-4-11(5-3-10)8-9-14-12(15)6-7-13(16)17/h2-7H,8-9H2,1H3,(H,14,15)(H,16,17)/b7-6+. The third-order valence-corrected chi connectivity index (χ3v) is 2.21. The second-order valence-electron chi connectivity index (χ2n) is 3.70. The zero-order chi connectivity index (χ0) is 12.7. The van der Waals surface area contributed by atoms with Gasteiger partial charge in [-0.25, -0.2) is 4.79 Å². The van der Waals surface area contributed by atoms with Crippen molar-refractivity contribution in [3.05, 3.63) is 47.5 Å². The Hall–Kier alpha value is -2.10. The van der Waals surface area contributed by atoms with Crippen molar-refractivity contribution in [2.45, 2.75) is 13.3 Å². The van der Waals surface area contributed by atoms with Crippen molar-refractivity contribution < 1.29 is 14.7 Å². The number of rotatable bonds is 5. The molecule has 0 aliphatic carbocycles. The fourth-order valence-electron chi connectivity index (χ4n) is 1.29. The minimum atomic E-state index is -1.13. The summed E-state index contributed by atoms with van der Waals surface area (Å²) >= 11 is 0. The molecule has 2 N–H and O–H groups in total. The van der Waals surface area contributed by atoms with Crippen LogP contribution in [0.2, 0.25) is 0 Å². The van der Waals surface area contributed by atoms with Crippen molar-refractivity contribution in [1.29, 1.82) is 0 Å². The molecule has 17 heavy (non-hydrogen) atoms. The van der Waals surface area contributed by atoms with Crippen LogP contribution in [-0.4, -0.2) is 23.5 Å². The molecule has 1 amide bonds. The molecule has 0 spiro atoms. The molecule has 0 bridgehead atoms. The molecule has 90 valence electrons. The maximum atomic E-state index is 11.1. The molecule has 1 rings (SSSR count). The Kier molecular flexibility index (Phi) is 4.94. The maximum absolute atomic E-state index is 11.1. The van der Waals surface area contributed by atoms with E-state index < -0.39 is 5.97 Å². The molecule has 0 radical (unpaired) electrons. The van der Waals surface area contributed by atoms with Gasteiger partial charge in [-0.3, -0.25) is 4.79 Å². The second-order valence-corrected chi connectivity index (χ2v) is 3.70. The van der Waals surface area contributed by atoms with Crippen molar-refractivity contribution in [2.24, 2.45) is 0 Å². The molecule has 0 aliphatic heterocycles. The lowest BCUT2D eigenvalue weighted by molar-refractivity contribution is -0.131. The lowest BCUT2D eigenvalue weighted by atomic mass is 10.1. The Bertz CT molecular complexity index is 421. The molecule has 4 heteroatoms. The van der Waals surface area contributed by atoms with E-state index in [-0.39, 0.29) is 5.91 Å². The molecule has 0 unspecified atom stereocenters. The second kappa shape index (κ2) is 6.48. The van der Waals surface area contributed by atoms with Crippen LogP contribution >= 0.6 is 0 Å². The summed E-state index contributed by atoms with van der Waals surface area (Å²) in [5.74, 6) is -1.52. The van der Waals surface area contributed by atoms with E-state index in [0.717, 1.165) is 24.1 Å². The molecular formula is C13H15NO3. The van der Waals surface area contributed by atoms with Gasteiger partial charge in [0.2, 0.25) is 5.91 Å². The molecular weight excluding hydrogens is 218 g/mol. The molecule has 0 aromatic heterocycles. The van der Waals surface area contributed by atoms with Gasteiger partial charge in [-0.1, -0.05) is 29.8 Å². The van der Waals surface area contributed by atoms with Gasteiger partial charge in [0.25, 0.3) is 0 Å². The minimum Gasteiger partial charge on any atom is -0.478 e. The smallest absolute Gasteiger partial charge is 0.328 e. The normalized spacial score (nSPS) is 10.4. The van der Waals surface area contributed by atoms with Crippen LogP contribution in [0, 0.1) is 6.92 Å². The van der Waals surface area contributed by atoms with E-state index in [1.807, 2.05) is 31.2 Å². The van der Waals surface area contributed by atoms with Gasteiger partial charge in [-0.05, 0) is 18.9 Å². The maximum Gasteiger partial charge on any atom is 0.328 e. The first-order chi connectivity index (χ1) is 8.08. The van der Waals surface area contributed by atoms with Crippen LogP contribution in [0.4, 0.5) is 0 Å². The highest BCUT2D eigenvalue weighted by Crippen LogP contribution is 2.02. The van der Waals surface area contributed by atoms with Crippen LogP contribution in [0.3, 0.4) is 0 Å². The largest absolute Gasteiger partial charge is 0.478 e. The van der Waals surface area contributed by atoms with Crippen molar-refractivity contribution in [1.82, 2.24) is 5.32 Å². The summed E-state index contributed by atoms with van der Waals surface area (Å²) < 4.78 is 0. The van der Waals surface area contributed by atoms with Crippen molar-refractivity contribution in [3.8, 4) is 0 Å². The minimum absolute atomic E-state index is 0.389. The van der Waals surface area contributed by atoms with Gasteiger partial charge in [0.15, 0.2) is 0 Å². The summed E-state index contributed by atoms with van der Waals surface area (Å²) in [6.45, 7) is 2.51. The van der Waals surface area contributed by atoms with Crippen LogP contribution < -0.4 is 5.32 Å². The lowest BCUT2D eigenvalue weighted by Crippen LogP contribution is -2.23. The highest BCUT2D eigenvalue weighted by Gasteiger charge is 1.97. The molecule has 0 fully saturated rings. The Morgan fingerprint density at radius 2 is 1.88 bits per heavy atom. The molecule has 0 heterocycles. The van der Waals surface area contributed by atoms with E-state index in [2.05, 4.69) is 5.32 Å². The van der Waals surface area contributed by atoms with Crippen LogP contribution in [0.1, 0.15) is 11.1 Å². The van der Waals surface area contributed by atoms with Gasteiger partial charge >= 0.3 is 5.97 Å². The monoisotopic (exact) mass is 233 g/mol. The molecule has 0 saturated carbocycles. The summed E-state index contributed by atoms with van der Waals surface area (Å²) in [5, 5.41) is 10.9. The van der Waals surface area contributed by atoms with Gasteiger partial charge in [-0.15, -0.1) is 0 Å². The number of benzene rings is 1. The van der Waals surface area contributed by atoms with E-state index in [0.29, 0.717) is 6.54 Å². The topological polar surface area (TPSA) is 66.4 Å². The van der Waals surface area contributed by atoms with E-state index in [1.165, 1.54) is 5.56 Å². The predicted molar refractivity (Wildman–Crippen MR) is 64.7 cm³/mol. The third-order valence-electron chi connectivity index (χ3n) is 2.21. The zero-order valence-electron chi connectivity index (χ0n) is 9.64. The van der Waals surface area contributed by atoms with Gasteiger partial charge in [-0.2, -0.15) is 0 Å². The van der Waals surface area contributed by atoms with Crippen molar-refractivity contribution >= 4 is 11.9 Å². The first-order valence-electron chi connectivity index (χ1n) is 5.32. The fourth-order valence-corrected chi connectivity index (χ4v) is 1.29. The SMILES string of the molecule is Cc1ccc(CCNC(=O)/C=C/C(=O)O)cc1. The van der Waals surface area contributed by atoms with E-state index in [4.69, 9.17) is 5.11 Å². The third kappa shape index (κ3) is 5.51. The van der Waals surface area contributed by atoms with Gasteiger partial charge in [0.1, 0.15) is 0 Å². The summed E-state index contributed by atoms with van der Waals surface area (Å²) in [7, 11) is 0. The molecule has 0 aliphatic rings. The number of carbonyl (C=O) groups is 2. The van der Waals surface area contributed by atoms with Gasteiger partial charge < -0.3 is 10.4 Å². The molecule has 4 nitrogen and oxygen atoms in total. The summed E-state index contributed by atoms with van der Waals surface area (Å²) in [4.78, 5) is 21.3.